The molecule has 0 amide bonds. The molecular formula is C13H18N2. The number of nitrogens with one attached hydrogen (secondary N) is 1. The zero-order chi connectivity index (χ0) is 10.3. The van der Waals surface area contributed by atoms with E-state index in [2.05, 4.69) is 40.8 Å². The first kappa shape index (κ1) is 10.2. The van der Waals surface area contributed by atoms with E-state index in [0.29, 0.717) is 0 Å². The molecule has 0 bridgehead atoms. The van der Waals surface area contributed by atoms with Gasteiger partial charge < -0.3 is 5.43 Å². The van der Waals surface area contributed by atoms with Gasteiger partial charge in [-0.2, -0.15) is 0 Å². The van der Waals surface area contributed by atoms with Crippen LogP contribution in [-0.4, -0.2) is 18.1 Å². The minimum atomic E-state index is 1.17. The molecule has 1 fully saturated rings. The van der Waals surface area contributed by atoms with Crippen molar-refractivity contribution in [3.8, 4) is 0 Å². The van der Waals surface area contributed by atoms with Crippen LogP contribution in [0, 0.1) is 0 Å². The molecule has 0 spiro atoms. The molecule has 1 heterocycles. The molecule has 0 aromatic heterocycles. The fraction of sp³-hybridized carbons (Fsp3) is 0.385. The average molecular weight is 202 g/mol. The van der Waals surface area contributed by atoms with Crippen LogP contribution in [0.5, 0.6) is 0 Å². The van der Waals surface area contributed by atoms with Gasteiger partial charge in [0.15, 0.2) is 0 Å². The summed E-state index contributed by atoms with van der Waals surface area (Å²) in [5, 5.41) is 2.28. The zero-order valence-corrected chi connectivity index (χ0v) is 9.02. The Morgan fingerprint density at radius 2 is 1.73 bits per heavy atom. The summed E-state index contributed by atoms with van der Waals surface area (Å²) in [4.78, 5) is 0. The highest BCUT2D eigenvalue weighted by Crippen LogP contribution is 2.06. The van der Waals surface area contributed by atoms with Gasteiger partial charge >= 0.3 is 0 Å². The van der Waals surface area contributed by atoms with Gasteiger partial charge in [0.1, 0.15) is 0 Å². The SMILES string of the molecule is C(=Cc1ccccc1)NN1CCCCC1. The maximum Gasteiger partial charge on any atom is 0.0178 e. The lowest BCUT2D eigenvalue weighted by Gasteiger charge is -2.25. The first-order valence-electron chi connectivity index (χ1n) is 5.68. The van der Waals surface area contributed by atoms with Crippen LogP contribution in [0.2, 0.25) is 0 Å². The van der Waals surface area contributed by atoms with Gasteiger partial charge in [0.25, 0.3) is 0 Å². The maximum atomic E-state index is 3.32. The molecule has 0 aliphatic carbocycles. The standard InChI is InChI=1S/C13H18N2/c1-3-7-13(8-4-1)9-10-14-15-11-5-2-6-12-15/h1,3-4,7-10,14H,2,5-6,11-12H2. The van der Waals surface area contributed by atoms with Crippen LogP contribution in [-0.2, 0) is 0 Å². The molecule has 2 nitrogen and oxygen atoms in total. The summed E-state index contributed by atoms with van der Waals surface area (Å²) >= 11 is 0. The Labute approximate surface area is 91.6 Å². The van der Waals surface area contributed by atoms with E-state index in [4.69, 9.17) is 0 Å². The molecule has 15 heavy (non-hydrogen) atoms. The van der Waals surface area contributed by atoms with E-state index in [0.717, 1.165) is 0 Å². The van der Waals surface area contributed by atoms with Crippen LogP contribution >= 0.6 is 0 Å². The fourth-order valence-electron chi connectivity index (χ4n) is 1.83. The number of piperidine rings is 1. The lowest BCUT2D eigenvalue weighted by atomic mass is 10.2. The van der Waals surface area contributed by atoms with Crippen LogP contribution in [0.3, 0.4) is 0 Å². The van der Waals surface area contributed by atoms with E-state index < -0.39 is 0 Å². The van der Waals surface area contributed by atoms with Gasteiger partial charge in [0.2, 0.25) is 0 Å². The average Bonchev–Trinajstić information content (AvgIpc) is 2.32. The minimum Gasteiger partial charge on any atom is -0.326 e. The molecule has 1 saturated heterocycles. The van der Waals surface area contributed by atoms with Gasteiger partial charge in [0.05, 0.1) is 0 Å². The molecule has 80 valence electrons. The van der Waals surface area contributed by atoms with Crippen LogP contribution in [0.1, 0.15) is 24.8 Å². The van der Waals surface area contributed by atoms with Crippen molar-refractivity contribution < 1.29 is 0 Å². The fourth-order valence-corrected chi connectivity index (χ4v) is 1.83. The third kappa shape index (κ3) is 3.40. The van der Waals surface area contributed by atoms with E-state index >= 15 is 0 Å². The summed E-state index contributed by atoms with van der Waals surface area (Å²) in [6, 6.07) is 10.4. The molecule has 0 radical (unpaired) electrons. The van der Waals surface area contributed by atoms with Crippen molar-refractivity contribution in [3.63, 3.8) is 0 Å². The van der Waals surface area contributed by atoms with Gasteiger partial charge in [-0.3, -0.25) is 0 Å². The zero-order valence-electron chi connectivity index (χ0n) is 9.02. The summed E-state index contributed by atoms with van der Waals surface area (Å²) < 4.78 is 0. The normalized spacial score (nSPS) is 18.1. The van der Waals surface area contributed by atoms with Crippen LogP contribution < -0.4 is 5.43 Å². The Morgan fingerprint density at radius 1 is 1.00 bits per heavy atom. The Balaban J connectivity index is 1.79. The molecule has 1 aliphatic heterocycles. The van der Waals surface area contributed by atoms with E-state index in [9.17, 15) is 0 Å². The smallest absolute Gasteiger partial charge is 0.0178 e. The molecule has 1 aromatic carbocycles. The summed E-state index contributed by atoms with van der Waals surface area (Å²) in [6.45, 7) is 2.33. The molecule has 1 aromatic rings. The number of hydrazine groups is 1. The molecule has 0 unspecified atom stereocenters. The quantitative estimate of drug-likeness (QED) is 0.810. The first-order valence-corrected chi connectivity index (χ1v) is 5.68. The number of rotatable bonds is 3. The Hall–Kier alpha value is -1.28. The maximum absolute atomic E-state index is 3.32. The second-order valence-electron chi connectivity index (χ2n) is 3.92. The van der Waals surface area contributed by atoms with Gasteiger partial charge in [-0.1, -0.05) is 36.8 Å². The van der Waals surface area contributed by atoms with E-state index in [1.807, 2.05) is 12.3 Å². The van der Waals surface area contributed by atoms with Crippen molar-refractivity contribution in [1.29, 1.82) is 0 Å². The number of benzene rings is 1. The summed E-state index contributed by atoms with van der Waals surface area (Å²) in [6.07, 6.45) is 8.13. The topological polar surface area (TPSA) is 15.3 Å². The lowest BCUT2D eigenvalue weighted by Crippen LogP contribution is -2.38. The van der Waals surface area contributed by atoms with Crippen molar-refractivity contribution in [2.24, 2.45) is 0 Å². The number of hydrogen-bond donors (Lipinski definition) is 1. The number of nitrogens with zero attached hydrogens (tertiary/aromatic N) is 1. The first-order chi connectivity index (χ1) is 7.45. The minimum absolute atomic E-state index is 1.17. The van der Waals surface area contributed by atoms with Gasteiger partial charge in [-0.25, -0.2) is 5.01 Å². The predicted molar refractivity (Wildman–Crippen MR) is 64.0 cm³/mol. The second kappa shape index (κ2) is 5.56. The Morgan fingerprint density at radius 3 is 2.47 bits per heavy atom. The molecule has 2 heteroatoms. The molecule has 2 rings (SSSR count). The second-order valence-corrected chi connectivity index (χ2v) is 3.92. The predicted octanol–water partition coefficient (Wildman–Crippen LogP) is 2.65. The van der Waals surface area contributed by atoms with Crippen LogP contribution in [0.25, 0.3) is 6.08 Å². The van der Waals surface area contributed by atoms with E-state index in [1.54, 1.807) is 0 Å². The summed E-state index contributed by atoms with van der Waals surface area (Å²) in [7, 11) is 0. The highest BCUT2D eigenvalue weighted by Gasteiger charge is 2.06. The van der Waals surface area contributed by atoms with Crippen molar-refractivity contribution in [1.82, 2.24) is 10.4 Å². The van der Waals surface area contributed by atoms with E-state index in [1.165, 1.54) is 37.9 Å². The third-order valence-corrected chi connectivity index (χ3v) is 2.69. The monoisotopic (exact) mass is 202 g/mol. The Bertz CT molecular complexity index is 300. The van der Waals surface area contributed by atoms with Gasteiger partial charge in [-0.05, 0) is 24.5 Å². The van der Waals surface area contributed by atoms with Crippen LogP contribution in [0.4, 0.5) is 0 Å². The van der Waals surface area contributed by atoms with Crippen molar-refractivity contribution in [3.05, 3.63) is 42.1 Å². The molecule has 1 aliphatic rings. The van der Waals surface area contributed by atoms with Crippen LogP contribution in [0.15, 0.2) is 36.5 Å². The van der Waals surface area contributed by atoms with Crippen molar-refractivity contribution in [2.45, 2.75) is 19.3 Å². The highest BCUT2D eigenvalue weighted by atomic mass is 15.5. The number of hydrogen-bond acceptors (Lipinski definition) is 2. The highest BCUT2D eigenvalue weighted by molar-refractivity contribution is 5.48. The largest absolute Gasteiger partial charge is 0.326 e. The van der Waals surface area contributed by atoms with E-state index in [-0.39, 0.29) is 0 Å². The summed E-state index contributed by atoms with van der Waals surface area (Å²) in [5.74, 6) is 0. The van der Waals surface area contributed by atoms with Crippen molar-refractivity contribution in [2.75, 3.05) is 13.1 Å². The Kier molecular flexibility index (Phi) is 3.80. The molecule has 1 N–H and O–H groups in total. The lowest BCUT2D eigenvalue weighted by molar-refractivity contribution is 0.183. The molecular weight excluding hydrogens is 184 g/mol. The molecule has 0 saturated carbocycles. The summed E-state index contributed by atoms with van der Waals surface area (Å²) in [5.41, 5.74) is 4.56. The molecule has 0 atom stereocenters. The van der Waals surface area contributed by atoms with Gasteiger partial charge in [-0.15, -0.1) is 0 Å². The van der Waals surface area contributed by atoms with Gasteiger partial charge in [0, 0.05) is 19.3 Å². The van der Waals surface area contributed by atoms with Crippen molar-refractivity contribution >= 4 is 6.08 Å². The third-order valence-electron chi connectivity index (χ3n) is 2.69.